The quantitative estimate of drug-likeness (QED) is 0.399. The molecule has 110 valence electrons. The number of benzene rings is 1. The van der Waals surface area contributed by atoms with Crippen LogP contribution in [0.15, 0.2) is 18.2 Å². The fraction of sp³-hybridized carbons (Fsp3) is 0.462. The number of aliphatic hydroxyl groups excluding tert-OH is 1. The zero-order valence-electron chi connectivity index (χ0n) is 11.5. The number of nitro groups is 1. The highest BCUT2D eigenvalue weighted by Gasteiger charge is 2.16. The van der Waals surface area contributed by atoms with E-state index in [1.807, 2.05) is 0 Å². The number of carbonyl (C=O) groups is 1. The molecule has 3 N–H and O–H groups in total. The fourth-order valence-electron chi connectivity index (χ4n) is 1.74. The third-order valence-corrected chi connectivity index (χ3v) is 2.80. The Kier molecular flexibility index (Phi) is 5.92. The Hall–Kier alpha value is -2.15. The van der Waals surface area contributed by atoms with Crippen molar-refractivity contribution >= 4 is 17.3 Å². The maximum Gasteiger partial charge on any atom is 0.293 e. The highest BCUT2D eigenvalue weighted by Crippen LogP contribution is 2.25. The lowest BCUT2D eigenvalue weighted by molar-refractivity contribution is -0.384. The number of nitrogens with one attached hydrogen (secondary N) is 2. The van der Waals surface area contributed by atoms with Gasteiger partial charge in [0, 0.05) is 25.2 Å². The number of anilines is 1. The number of hydrogen-bond acceptors (Lipinski definition) is 5. The maximum absolute atomic E-state index is 11.5. The number of nitrogens with zero attached hydrogens (tertiary/aromatic N) is 1. The molecule has 0 fully saturated rings. The SMILES string of the molecule is CNC(=O)c1ccc(NCCCC(C)O)c([N+](=O)[O-])c1. The van der Waals surface area contributed by atoms with E-state index in [0.29, 0.717) is 25.1 Å². The molecule has 0 saturated carbocycles. The van der Waals surface area contributed by atoms with Crippen molar-refractivity contribution in [3.8, 4) is 0 Å². The first kappa shape index (κ1) is 15.9. The van der Waals surface area contributed by atoms with E-state index in [9.17, 15) is 14.9 Å². The topological polar surface area (TPSA) is 104 Å². The Morgan fingerprint density at radius 1 is 1.50 bits per heavy atom. The Bertz CT molecular complexity index is 489. The molecule has 0 spiro atoms. The molecule has 0 heterocycles. The monoisotopic (exact) mass is 281 g/mol. The van der Waals surface area contributed by atoms with Gasteiger partial charge in [0.15, 0.2) is 0 Å². The molecule has 1 aromatic rings. The lowest BCUT2D eigenvalue weighted by Gasteiger charge is -2.09. The van der Waals surface area contributed by atoms with Crippen molar-refractivity contribution in [3.05, 3.63) is 33.9 Å². The summed E-state index contributed by atoms with van der Waals surface area (Å²) in [6.07, 6.45) is 0.936. The van der Waals surface area contributed by atoms with Gasteiger partial charge in [0.2, 0.25) is 0 Å². The van der Waals surface area contributed by atoms with E-state index in [1.54, 1.807) is 6.92 Å². The molecular weight excluding hydrogens is 262 g/mol. The molecule has 0 aliphatic heterocycles. The van der Waals surface area contributed by atoms with E-state index in [2.05, 4.69) is 10.6 Å². The van der Waals surface area contributed by atoms with Crippen molar-refractivity contribution in [2.45, 2.75) is 25.9 Å². The Balaban J connectivity index is 2.80. The van der Waals surface area contributed by atoms with Gasteiger partial charge in [-0.25, -0.2) is 0 Å². The van der Waals surface area contributed by atoms with E-state index in [1.165, 1.54) is 25.2 Å². The van der Waals surface area contributed by atoms with Gasteiger partial charge < -0.3 is 15.7 Å². The summed E-state index contributed by atoms with van der Waals surface area (Å²) in [5.41, 5.74) is 0.477. The molecule has 1 unspecified atom stereocenters. The molecule has 0 bridgehead atoms. The van der Waals surface area contributed by atoms with Crippen LogP contribution in [-0.4, -0.2) is 35.6 Å². The molecule has 1 aromatic carbocycles. The summed E-state index contributed by atoms with van der Waals surface area (Å²) in [5, 5.41) is 25.5. The van der Waals surface area contributed by atoms with Gasteiger partial charge in [-0.2, -0.15) is 0 Å². The van der Waals surface area contributed by atoms with E-state index in [-0.39, 0.29) is 23.3 Å². The van der Waals surface area contributed by atoms with Crippen LogP contribution in [-0.2, 0) is 0 Å². The minimum Gasteiger partial charge on any atom is -0.393 e. The average molecular weight is 281 g/mol. The van der Waals surface area contributed by atoms with Crippen LogP contribution in [0.25, 0.3) is 0 Å². The number of aliphatic hydroxyl groups is 1. The number of rotatable bonds is 7. The molecule has 0 saturated heterocycles. The van der Waals surface area contributed by atoms with Crippen LogP contribution in [0.3, 0.4) is 0 Å². The Morgan fingerprint density at radius 3 is 2.75 bits per heavy atom. The molecule has 0 aliphatic rings. The molecule has 20 heavy (non-hydrogen) atoms. The zero-order valence-corrected chi connectivity index (χ0v) is 11.5. The standard InChI is InChI=1S/C13H19N3O4/c1-9(17)4-3-7-15-11-6-5-10(13(18)14-2)8-12(11)16(19)20/h5-6,8-9,15,17H,3-4,7H2,1-2H3,(H,14,18). The van der Waals surface area contributed by atoms with Crippen LogP contribution in [0.4, 0.5) is 11.4 Å². The second kappa shape index (κ2) is 7.44. The molecule has 0 aliphatic carbocycles. The molecule has 1 rings (SSSR count). The molecule has 1 atom stereocenters. The minimum atomic E-state index is -0.524. The van der Waals surface area contributed by atoms with Crippen molar-refractivity contribution in [2.24, 2.45) is 0 Å². The first-order valence-electron chi connectivity index (χ1n) is 6.38. The van der Waals surface area contributed by atoms with E-state index >= 15 is 0 Å². The van der Waals surface area contributed by atoms with Crippen LogP contribution >= 0.6 is 0 Å². The van der Waals surface area contributed by atoms with Crippen LogP contribution in [0.2, 0.25) is 0 Å². The van der Waals surface area contributed by atoms with Crippen molar-refractivity contribution in [1.82, 2.24) is 5.32 Å². The lowest BCUT2D eigenvalue weighted by atomic mass is 10.1. The molecule has 7 heteroatoms. The second-order valence-corrected chi connectivity index (χ2v) is 4.49. The summed E-state index contributed by atoms with van der Waals surface area (Å²) < 4.78 is 0. The number of amides is 1. The van der Waals surface area contributed by atoms with Crippen molar-refractivity contribution in [3.63, 3.8) is 0 Å². The Labute approximate surface area is 117 Å². The van der Waals surface area contributed by atoms with Crippen LogP contribution in [0.5, 0.6) is 0 Å². The van der Waals surface area contributed by atoms with Crippen molar-refractivity contribution in [1.29, 1.82) is 0 Å². The fourth-order valence-corrected chi connectivity index (χ4v) is 1.74. The van der Waals surface area contributed by atoms with Gasteiger partial charge in [-0.1, -0.05) is 0 Å². The lowest BCUT2D eigenvalue weighted by Crippen LogP contribution is -2.18. The highest BCUT2D eigenvalue weighted by molar-refractivity contribution is 5.95. The first-order valence-corrected chi connectivity index (χ1v) is 6.38. The van der Waals surface area contributed by atoms with Gasteiger partial charge in [0.25, 0.3) is 11.6 Å². The van der Waals surface area contributed by atoms with Gasteiger partial charge in [-0.15, -0.1) is 0 Å². The van der Waals surface area contributed by atoms with Crippen LogP contribution < -0.4 is 10.6 Å². The summed E-state index contributed by atoms with van der Waals surface area (Å²) in [5.74, 6) is -0.367. The van der Waals surface area contributed by atoms with Crippen LogP contribution in [0, 0.1) is 10.1 Å². The maximum atomic E-state index is 11.5. The summed E-state index contributed by atoms with van der Waals surface area (Å²) >= 11 is 0. The summed E-state index contributed by atoms with van der Waals surface area (Å²) in [7, 11) is 1.47. The van der Waals surface area contributed by atoms with Gasteiger partial charge in [-0.05, 0) is 31.9 Å². The van der Waals surface area contributed by atoms with Gasteiger partial charge in [-0.3, -0.25) is 14.9 Å². The number of nitro benzene ring substituents is 1. The zero-order chi connectivity index (χ0) is 15.1. The molecular formula is C13H19N3O4. The smallest absolute Gasteiger partial charge is 0.293 e. The third kappa shape index (κ3) is 4.51. The van der Waals surface area contributed by atoms with E-state index in [4.69, 9.17) is 5.11 Å². The van der Waals surface area contributed by atoms with E-state index in [0.717, 1.165) is 0 Å². The summed E-state index contributed by atoms with van der Waals surface area (Å²) in [4.78, 5) is 21.9. The average Bonchev–Trinajstić information content (AvgIpc) is 2.42. The van der Waals surface area contributed by atoms with Crippen LogP contribution in [0.1, 0.15) is 30.1 Å². The highest BCUT2D eigenvalue weighted by atomic mass is 16.6. The van der Waals surface area contributed by atoms with Gasteiger partial charge in [0.05, 0.1) is 11.0 Å². The van der Waals surface area contributed by atoms with Gasteiger partial charge >= 0.3 is 0 Å². The summed E-state index contributed by atoms with van der Waals surface area (Å²) in [6.45, 7) is 2.21. The minimum absolute atomic E-state index is 0.136. The largest absolute Gasteiger partial charge is 0.393 e. The van der Waals surface area contributed by atoms with Crippen molar-refractivity contribution < 1.29 is 14.8 Å². The number of hydrogen-bond donors (Lipinski definition) is 3. The van der Waals surface area contributed by atoms with Crippen molar-refractivity contribution in [2.75, 3.05) is 18.9 Å². The first-order chi connectivity index (χ1) is 9.45. The molecule has 0 radical (unpaired) electrons. The third-order valence-electron chi connectivity index (χ3n) is 2.80. The number of carbonyl (C=O) groups excluding carboxylic acids is 1. The summed E-state index contributed by atoms with van der Waals surface area (Å²) in [6, 6.07) is 4.30. The second-order valence-electron chi connectivity index (χ2n) is 4.49. The Morgan fingerprint density at radius 2 is 2.20 bits per heavy atom. The molecule has 0 aromatic heterocycles. The predicted molar refractivity (Wildman–Crippen MR) is 75.9 cm³/mol. The van der Waals surface area contributed by atoms with E-state index < -0.39 is 4.92 Å². The molecule has 7 nitrogen and oxygen atoms in total. The molecule has 1 amide bonds. The normalized spacial score (nSPS) is 11.8. The van der Waals surface area contributed by atoms with Gasteiger partial charge in [0.1, 0.15) is 5.69 Å². The predicted octanol–water partition coefficient (Wildman–Crippen LogP) is 1.53.